The van der Waals surface area contributed by atoms with Gasteiger partial charge in [-0.15, -0.1) is 0 Å². The summed E-state index contributed by atoms with van der Waals surface area (Å²) in [5.74, 6) is 1.28. The van der Waals surface area contributed by atoms with Crippen LogP contribution in [0.2, 0.25) is 0 Å². The quantitative estimate of drug-likeness (QED) is 0.495. The Morgan fingerprint density at radius 1 is 1.50 bits per heavy atom. The Hall–Kier alpha value is -1.27. The molecule has 3 N–H and O–H groups in total. The van der Waals surface area contributed by atoms with Gasteiger partial charge in [-0.05, 0) is 0 Å². The summed E-state index contributed by atoms with van der Waals surface area (Å²) in [7, 11) is 0. The zero-order valence-corrected chi connectivity index (χ0v) is 7.67. The van der Waals surface area contributed by atoms with E-state index >= 15 is 0 Å². The average Bonchev–Trinajstić information content (AvgIpc) is 2.65. The van der Waals surface area contributed by atoms with Gasteiger partial charge in [0.1, 0.15) is 5.84 Å². The van der Waals surface area contributed by atoms with Crippen molar-refractivity contribution in [3.8, 4) is 0 Å². The molecule has 0 aromatic heterocycles. The Morgan fingerprint density at radius 3 is 3.36 bits per heavy atom. The minimum atomic E-state index is -0.430. The molecule has 6 heteroatoms. The Bertz CT molecular complexity index is 333. The molecule has 0 spiro atoms. The minimum Gasteiger partial charge on any atom is -0.320 e. The highest BCUT2D eigenvalue weighted by atomic mass is 15.4. The van der Waals surface area contributed by atoms with E-state index in [-0.39, 0.29) is 12.2 Å². The van der Waals surface area contributed by atoms with Crippen LogP contribution in [0.25, 0.3) is 0 Å². The predicted octanol–water partition coefficient (Wildman–Crippen LogP) is -1.40. The van der Waals surface area contributed by atoms with E-state index in [1.807, 2.05) is 12.4 Å². The molecule has 3 atom stereocenters. The molecular formula is C8H12N6. The van der Waals surface area contributed by atoms with E-state index in [0.29, 0.717) is 0 Å². The van der Waals surface area contributed by atoms with Gasteiger partial charge in [0.25, 0.3) is 0 Å². The smallest absolute Gasteiger partial charge is 0.192 e. The number of hydrogen-bond acceptors (Lipinski definition) is 6. The lowest BCUT2D eigenvalue weighted by atomic mass is 10.1. The van der Waals surface area contributed by atoms with E-state index in [1.54, 1.807) is 0 Å². The number of amidine groups is 1. The fourth-order valence-corrected chi connectivity index (χ4v) is 1.98. The summed E-state index contributed by atoms with van der Waals surface area (Å²) in [6.07, 6.45) is 3.42. The van der Waals surface area contributed by atoms with Gasteiger partial charge >= 0.3 is 0 Å². The molecule has 3 unspecified atom stereocenters. The van der Waals surface area contributed by atoms with Gasteiger partial charge in [-0.3, -0.25) is 21.0 Å². The number of rotatable bonds is 0. The summed E-state index contributed by atoms with van der Waals surface area (Å²) in [6, 6.07) is 0. The van der Waals surface area contributed by atoms with Crippen molar-refractivity contribution in [2.45, 2.75) is 12.6 Å². The molecule has 1 saturated heterocycles. The van der Waals surface area contributed by atoms with Gasteiger partial charge in [0.2, 0.25) is 0 Å². The fraction of sp³-hybridized carbons (Fsp3) is 0.625. The van der Waals surface area contributed by atoms with Crippen molar-refractivity contribution in [1.29, 1.82) is 0 Å². The summed E-state index contributed by atoms with van der Waals surface area (Å²) >= 11 is 0. The van der Waals surface area contributed by atoms with E-state index in [1.165, 1.54) is 0 Å². The average molecular weight is 192 g/mol. The molecule has 3 heterocycles. The van der Waals surface area contributed by atoms with Crippen molar-refractivity contribution >= 4 is 18.3 Å². The minimum absolute atomic E-state index is 0.0590. The summed E-state index contributed by atoms with van der Waals surface area (Å²) in [5, 5.41) is 3.31. The summed E-state index contributed by atoms with van der Waals surface area (Å²) < 4.78 is 0. The Balaban J connectivity index is 1.92. The van der Waals surface area contributed by atoms with Crippen LogP contribution in [-0.2, 0) is 0 Å². The van der Waals surface area contributed by atoms with Gasteiger partial charge in [0.05, 0.1) is 12.5 Å². The number of hydrogen-bond donors (Lipinski definition) is 2. The maximum absolute atomic E-state index is 5.65. The van der Waals surface area contributed by atoms with Gasteiger partial charge in [0.15, 0.2) is 12.6 Å². The van der Waals surface area contributed by atoms with Crippen LogP contribution < -0.4 is 11.1 Å². The van der Waals surface area contributed by atoms with E-state index in [9.17, 15) is 0 Å². The largest absolute Gasteiger partial charge is 0.320 e. The monoisotopic (exact) mass is 192 g/mol. The molecule has 0 aliphatic carbocycles. The molecule has 14 heavy (non-hydrogen) atoms. The van der Waals surface area contributed by atoms with Crippen LogP contribution in [0, 0.1) is 5.92 Å². The first kappa shape index (κ1) is 8.07. The van der Waals surface area contributed by atoms with E-state index in [0.717, 1.165) is 18.9 Å². The van der Waals surface area contributed by atoms with Gasteiger partial charge < -0.3 is 4.90 Å². The molecule has 74 valence electrons. The maximum atomic E-state index is 5.65. The number of aliphatic imine (C=N–C) groups is 3. The van der Waals surface area contributed by atoms with Gasteiger partial charge in [-0.25, -0.2) is 4.99 Å². The zero-order chi connectivity index (χ0) is 9.54. The molecular weight excluding hydrogens is 180 g/mol. The van der Waals surface area contributed by atoms with E-state index in [2.05, 4.69) is 25.2 Å². The molecule has 3 aliphatic rings. The number of fused-ring (bicyclic) bond motifs is 3. The normalized spacial score (nSPS) is 39.4. The third-order valence-corrected chi connectivity index (χ3v) is 2.65. The summed E-state index contributed by atoms with van der Waals surface area (Å²) in [4.78, 5) is 14.9. The molecule has 0 bridgehead atoms. The molecule has 0 saturated carbocycles. The highest BCUT2D eigenvalue weighted by Crippen LogP contribution is 2.18. The predicted molar refractivity (Wildman–Crippen MR) is 54.4 cm³/mol. The molecule has 1 fully saturated rings. The number of nitrogens with zero attached hydrogens (tertiary/aromatic N) is 4. The van der Waals surface area contributed by atoms with Crippen molar-refractivity contribution in [1.82, 2.24) is 10.2 Å². The molecule has 3 rings (SSSR count). The van der Waals surface area contributed by atoms with Crippen LogP contribution in [0.1, 0.15) is 0 Å². The molecule has 3 aliphatic heterocycles. The molecule has 0 aromatic carbocycles. The van der Waals surface area contributed by atoms with E-state index < -0.39 is 6.29 Å². The lowest BCUT2D eigenvalue weighted by Crippen LogP contribution is -2.57. The zero-order valence-electron chi connectivity index (χ0n) is 7.67. The van der Waals surface area contributed by atoms with Crippen molar-refractivity contribution < 1.29 is 0 Å². The lowest BCUT2D eigenvalue weighted by molar-refractivity contribution is 0.277. The first-order valence-electron chi connectivity index (χ1n) is 4.73. The standard InChI is InChI=1S/C8H12N6/c9-7-11-3-5-4-12-8-10-1-2-14(8)6(5)13-7/h1,3,5,7-8,12H,2,4,9H2. The topological polar surface area (TPSA) is 78.4 Å². The van der Waals surface area contributed by atoms with Crippen LogP contribution >= 0.6 is 0 Å². The molecule has 0 radical (unpaired) electrons. The highest BCUT2D eigenvalue weighted by Gasteiger charge is 2.35. The summed E-state index contributed by atoms with van der Waals surface area (Å²) in [5.41, 5.74) is 5.65. The molecule has 0 amide bonds. The lowest BCUT2D eigenvalue weighted by Gasteiger charge is -2.37. The Labute approximate surface area is 81.6 Å². The molecule has 6 nitrogen and oxygen atoms in total. The fourth-order valence-electron chi connectivity index (χ4n) is 1.98. The summed E-state index contributed by atoms with van der Waals surface area (Å²) in [6.45, 7) is 1.65. The SMILES string of the molecule is NC1N=CC2CNC3N=CCN3C2=N1. The second-order valence-electron chi connectivity index (χ2n) is 3.57. The maximum Gasteiger partial charge on any atom is 0.192 e. The van der Waals surface area contributed by atoms with Gasteiger partial charge in [-0.2, -0.15) is 0 Å². The number of nitrogens with one attached hydrogen (secondary N) is 1. The van der Waals surface area contributed by atoms with Crippen LogP contribution in [0.3, 0.4) is 0 Å². The highest BCUT2D eigenvalue weighted by molar-refractivity contribution is 6.00. The number of nitrogens with two attached hydrogens (primary N) is 1. The van der Waals surface area contributed by atoms with Crippen LogP contribution in [0.15, 0.2) is 15.0 Å². The molecule has 0 aromatic rings. The third kappa shape index (κ3) is 1.08. The van der Waals surface area contributed by atoms with Gasteiger partial charge in [0, 0.05) is 19.0 Å². The van der Waals surface area contributed by atoms with Crippen LogP contribution in [-0.4, -0.2) is 48.8 Å². The second-order valence-corrected chi connectivity index (χ2v) is 3.57. The van der Waals surface area contributed by atoms with Crippen molar-refractivity contribution in [2.24, 2.45) is 26.6 Å². The first-order valence-corrected chi connectivity index (χ1v) is 4.73. The Morgan fingerprint density at radius 2 is 2.43 bits per heavy atom. The van der Waals surface area contributed by atoms with Crippen LogP contribution in [0.4, 0.5) is 0 Å². The van der Waals surface area contributed by atoms with Gasteiger partial charge in [-0.1, -0.05) is 0 Å². The van der Waals surface area contributed by atoms with Crippen molar-refractivity contribution in [2.75, 3.05) is 13.1 Å². The second kappa shape index (κ2) is 2.86. The van der Waals surface area contributed by atoms with Crippen LogP contribution in [0.5, 0.6) is 0 Å². The van der Waals surface area contributed by atoms with Crippen molar-refractivity contribution in [3.63, 3.8) is 0 Å². The Kier molecular flexibility index (Phi) is 1.65. The third-order valence-electron chi connectivity index (χ3n) is 2.65. The first-order chi connectivity index (χ1) is 6.84. The van der Waals surface area contributed by atoms with E-state index in [4.69, 9.17) is 5.73 Å². The van der Waals surface area contributed by atoms with Crippen molar-refractivity contribution in [3.05, 3.63) is 0 Å².